The molecule has 0 aromatic heterocycles. The molecule has 1 aromatic rings. The van der Waals surface area contributed by atoms with Gasteiger partial charge >= 0.3 is 5.97 Å². The first kappa shape index (κ1) is 11.7. The van der Waals surface area contributed by atoms with Crippen LogP contribution >= 0.6 is 0 Å². The van der Waals surface area contributed by atoms with Gasteiger partial charge in [0.05, 0.1) is 4.90 Å². The van der Waals surface area contributed by atoms with Crippen LogP contribution in [0.2, 0.25) is 0 Å². The van der Waals surface area contributed by atoms with Gasteiger partial charge in [-0.05, 0) is 43.2 Å². The fourth-order valence-electron chi connectivity index (χ4n) is 2.97. The van der Waals surface area contributed by atoms with E-state index in [0.717, 1.165) is 12.8 Å². The van der Waals surface area contributed by atoms with Crippen LogP contribution in [0.4, 0.5) is 0 Å². The quantitative estimate of drug-likeness (QED) is 0.906. The first-order valence-corrected chi connectivity index (χ1v) is 7.43. The summed E-state index contributed by atoms with van der Waals surface area (Å²) in [5.41, 5.74) is 0.0141. The molecule has 2 aliphatic rings. The summed E-state index contributed by atoms with van der Waals surface area (Å²) in [4.78, 5) is 11.6. The highest BCUT2D eigenvalue weighted by Crippen LogP contribution is 2.67. The van der Waals surface area contributed by atoms with Crippen molar-refractivity contribution in [1.82, 2.24) is 0 Å². The Morgan fingerprint density at radius 3 is 2.11 bits per heavy atom. The van der Waals surface area contributed by atoms with E-state index in [4.69, 9.17) is 0 Å². The third-order valence-corrected chi connectivity index (χ3v) is 6.62. The average Bonchev–Trinajstić information content (AvgIpc) is 3.07. The Labute approximate surface area is 106 Å². The molecule has 96 valence electrons. The van der Waals surface area contributed by atoms with Crippen LogP contribution in [0.5, 0.6) is 0 Å². The third kappa shape index (κ3) is 1.37. The first-order chi connectivity index (χ1) is 8.42. The Hall–Kier alpha value is -1.36. The minimum absolute atomic E-state index is 0.0141. The van der Waals surface area contributed by atoms with Crippen LogP contribution in [-0.4, -0.2) is 24.2 Å². The monoisotopic (exact) mass is 266 g/mol. The zero-order chi connectivity index (χ0) is 13.0. The van der Waals surface area contributed by atoms with E-state index in [-0.39, 0.29) is 23.2 Å². The van der Waals surface area contributed by atoms with Crippen LogP contribution in [-0.2, 0) is 14.6 Å². The lowest BCUT2D eigenvalue weighted by Gasteiger charge is -2.44. The summed E-state index contributed by atoms with van der Waals surface area (Å²) in [6.45, 7) is 0. The largest absolute Gasteiger partial charge is 0.480 e. The van der Waals surface area contributed by atoms with Crippen LogP contribution in [0.15, 0.2) is 35.2 Å². The molecule has 1 aromatic carbocycles. The second-order valence-corrected chi connectivity index (χ2v) is 7.73. The van der Waals surface area contributed by atoms with Gasteiger partial charge in [0.25, 0.3) is 0 Å². The lowest BCUT2D eigenvalue weighted by molar-refractivity contribution is -0.144. The topological polar surface area (TPSA) is 71.4 Å². The zero-order valence-corrected chi connectivity index (χ0v) is 10.6. The molecule has 4 nitrogen and oxygen atoms in total. The predicted octanol–water partition coefficient (Wildman–Crippen LogP) is 1.86. The number of hydrogen-bond donors (Lipinski definition) is 1. The van der Waals surface area contributed by atoms with E-state index in [1.54, 1.807) is 18.2 Å². The van der Waals surface area contributed by atoms with Gasteiger partial charge in [-0.3, -0.25) is 4.79 Å². The van der Waals surface area contributed by atoms with Gasteiger partial charge in [-0.15, -0.1) is 0 Å². The van der Waals surface area contributed by atoms with E-state index in [1.807, 2.05) is 0 Å². The molecule has 3 rings (SSSR count). The number of sulfone groups is 1. The van der Waals surface area contributed by atoms with E-state index < -0.39 is 20.6 Å². The molecule has 18 heavy (non-hydrogen) atoms. The molecule has 2 fully saturated rings. The van der Waals surface area contributed by atoms with Crippen molar-refractivity contribution in [3.63, 3.8) is 0 Å². The van der Waals surface area contributed by atoms with Crippen molar-refractivity contribution in [2.24, 2.45) is 5.41 Å². The molecule has 0 unspecified atom stereocenters. The van der Waals surface area contributed by atoms with Gasteiger partial charge in [-0.25, -0.2) is 8.42 Å². The predicted molar refractivity (Wildman–Crippen MR) is 64.9 cm³/mol. The summed E-state index contributed by atoms with van der Waals surface area (Å²) in [6.07, 6.45) is 2.47. The number of carboxylic acid groups (broad SMARTS) is 1. The molecule has 0 radical (unpaired) electrons. The standard InChI is InChI=1S/C13H14O4S/c14-11(15)13(8-12(9-13)6-7-12)18(16,17)10-4-2-1-3-5-10/h1-5H,6-9H2,(H,14,15). The number of benzene rings is 1. The number of carboxylic acids is 1. The zero-order valence-electron chi connectivity index (χ0n) is 9.80. The van der Waals surface area contributed by atoms with Gasteiger partial charge in [0.2, 0.25) is 0 Å². The van der Waals surface area contributed by atoms with Crippen LogP contribution in [0, 0.1) is 5.41 Å². The van der Waals surface area contributed by atoms with Gasteiger partial charge in [0, 0.05) is 0 Å². The SMILES string of the molecule is O=C(O)C1(S(=O)(=O)c2ccccc2)CC2(CC2)C1. The van der Waals surface area contributed by atoms with Crippen molar-refractivity contribution in [2.45, 2.75) is 35.3 Å². The second-order valence-electron chi connectivity index (χ2n) is 5.47. The molecule has 0 atom stereocenters. The highest BCUT2D eigenvalue weighted by Gasteiger charge is 2.70. The Balaban J connectivity index is 2.04. The molecule has 2 aliphatic carbocycles. The highest BCUT2D eigenvalue weighted by atomic mass is 32.2. The molecule has 0 heterocycles. The van der Waals surface area contributed by atoms with Gasteiger partial charge < -0.3 is 5.11 Å². The number of rotatable bonds is 3. The molecule has 5 heteroatoms. The Morgan fingerprint density at radius 2 is 1.67 bits per heavy atom. The first-order valence-electron chi connectivity index (χ1n) is 5.95. The maximum Gasteiger partial charge on any atom is 0.325 e. The second kappa shape index (κ2) is 3.35. The molecular weight excluding hydrogens is 252 g/mol. The van der Waals surface area contributed by atoms with Gasteiger partial charge in [-0.2, -0.15) is 0 Å². The fraction of sp³-hybridized carbons (Fsp3) is 0.462. The Kier molecular flexibility index (Phi) is 2.18. The summed E-state index contributed by atoms with van der Waals surface area (Å²) < 4.78 is 23.4. The van der Waals surface area contributed by atoms with Crippen LogP contribution in [0.1, 0.15) is 25.7 Å². The van der Waals surface area contributed by atoms with E-state index in [9.17, 15) is 18.3 Å². The summed E-state index contributed by atoms with van der Waals surface area (Å²) >= 11 is 0. The summed E-state index contributed by atoms with van der Waals surface area (Å²) in [5, 5.41) is 9.36. The number of carbonyl (C=O) groups is 1. The molecule has 2 saturated carbocycles. The van der Waals surface area contributed by atoms with Crippen LogP contribution < -0.4 is 0 Å². The normalized spacial score (nSPS) is 23.3. The van der Waals surface area contributed by atoms with Gasteiger partial charge in [0.1, 0.15) is 0 Å². The van der Waals surface area contributed by atoms with Crippen molar-refractivity contribution in [3.05, 3.63) is 30.3 Å². The van der Waals surface area contributed by atoms with Crippen molar-refractivity contribution in [3.8, 4) is 0 Å². The maximum atomic E-state index is 12.5. The van der Waals surface area contributed by atoms with E-state index in [2.05, 4.69) is 0 Å². The highest BCUT2D eigenvalue weighted by molar-refractivity contribution is 7.93. The van der Waals surface area contributed by atoms with E-state index in [0.29, 0.717) is 0 Å². The Morgan fingerprint density at radius 1 is 1.11 bits per heavy atom. The van der Waals surface area contributed by atoms with E-state index >= 15 is 0 Å². The average molecular weight is 266 g/mol. The summed E-state index contributed by atoms with van der Waals surface area (Å²) in [7, 11) is -3.79. The van der Waals surface area contributed by atoms with Crippen molar-refractivity contribution < 1.29 is 18.3 Å². The van der Waals surface area contributed by atoms with Gasteiger partial charge in [0.15, 0.2) is 14.6 Å². The van der Waals surface area contributed by atoms with Crippen molar-refractivity contribution in [2.75, 3.05) is 0 Å². The lowest BCUT2D eigenvalue weighted by atomic mass is 9.71. The van der Waals surface area contributed by atoms with Crippen LogP contribution in [0.3, 0.4) is 0 Å². The minimum atomic E-state index is -3.79. The molecule has 0 bridgehead atoms. The molecule has 0 aliphatic heterocycles. The molecule has 1 spiro atoms. The summed E-state index contributed by atoms with van der Waals surface area (Å²) in [6, 6.07) is 7.90. The lowest BCUT2D eigenvalue weighted by Crippen LogP contribution is -2.57. The maximum absolute atomic E-state index is 12.5. The van der Waals surface area contributed by atoms with Crippen LogP contribution in [0.25, 0.3) is 0 Å². The van der Waals surface area contributed by atoms with Gasteiger partial charge in [-0.1, -0.05) is 18.2 Å². The Bertz CT molecular complexity index is 591. The smallest absolute Gasteiger partial charge is 0.325 e. The van der Waals surface area contributed by atoms with Crippen molar-refractivity contribution in [1.29, 1.82) is 0 Å². The number of aliphatic carboxylic acids is 1. The molecule has 0 amide bonds. The molecule has 1 N–H and O–H groups in total. The minimum Gasteiger partial charge on any atom is -0.480 e. The molecule has 0 saturated heterocycles. The molecular formula is C13H14O4S. The fourth-order valence-corrected chi connectivity index (χ4v) is 5.16. The third-order valence-electron chi connectivity index (χ3n) is 4.24. The van der Waals surface area contributed by atoms with Crippen molar-refractivity contribution >= 4 is 15.8 Å². The summed E-state index contributed by atoms with van der Waals surface area (Å²) in [5.74, 6) is -1.20. The number of hydrogen-bond acceptors (Lipinski definition) is 3. The van der Waals surface area contributed by atoms with E-state index in [1.165, 1.54) is 12.1 Å².